The maximum atomic E-state index is 6.43. The Labute approximate surface area is 148 Å². The standard InChI is InChI=1S/C19H34O4Si/c1-15(2)20-19(7,8)23-24(21-16(3)4,22-17(5)6)14-18-12-10-9-11-13-18/h9-13,15-17H,14H2,1-8H3. The first-order valence-electron chi connectivity index (χ1n) is 8.81. The molecule has 0 aliphatic rings. The molecule has 0 amide bonds. The second-order valence-electron chi connectivity index (χ2n) is 7.35. The Balaban J connectivity index is 3.14. The minimum absolute atomic E-state index is 0.00831. The largest absolute Gasteiger partial charge is 0.508 e. The van der Waals surface area contributed by atoms with Gasteiger partial charge in [0.2, 0.25) is 0 Å². The van der Waals surface area contributed by atoms with Crippen LogP contribution < -0.4 is 0 Å². The molecule has 0 N–H and O–H groups in total. The van der Waals surface area contributed by atoms with Crippen molar-refractivity contribution in [3.05, 3.63) is 35.9 Å². The predicted octanol–water partition coefficient (Wildman–Crippen LogP) is 4.73. The molecule has 0 saturated heterocycles. The molecule has 0 fully saturated rings. The van der Waals surface area contributed by atoms with Gasteiger partial charge < -0.3 is 18.0 Å². The molecule has 0 unspecified atom stereocenters. The van der Waals surface area contributed by atoms with E-state index in [0.29, 0.717) is 6.04 Å². The second kappa shape index (κ2) is 9.11. The van der Waals surface area contributed by atoms with Crippen LogP contribution in [-0.4, -0.2) is 32.9 Å². The highest BCUT2D eigenvalue weighted by Gasteiger charge is 2.48. The van der Waals surface area contributed by atoms with Crippen LogP contribution in [0, 0.1) is 0 Å². The number of rotatable bonds is 10. The van der Waals surface area contributed by atoms with Gasteiger partial charge in [0.1, 0.15) is 0 Å². The van der Waals surface area contributed by atoms with E-state index in [1.165, 1.54) is 0 Å². The molecule has 1 aromatic carbocycles. The van der Waals surface area contributed by atoms with E-state index in [9.17, 15) is 0 Å². The van der Waals surface area contributed by atoms with Crippen LogP contribution >= 0.6 is 0 Å². The normalized spacial score (nSPS) is 13.3. The first-order valence-corrected chi connectivity index (χ1v) is 10.7. The average Bonchev–Trinajstić information content (AvgIpc) is 2.34. The first kappa shape index (κ1) is 21.3. The summed E-state index contributed by atoms with van der Waals surface area (Å²) < 4.78 is 24.9. The minimum atomic E-state index is -2.99. The molecule has 4 nitrogen and oxygen atoms in total. The summed E-state index contributed by atoms with van der Waals surface area (Å²) in [6.45, 7) is 15.9. The number of hydrogen-bond acceptors (Lipinski definition) is 4. The lowest BCUT2D eigenvalue weighted by Gasteiger charge is -2.40. The van der Waals surface area contributed by atoms with Gasteiger partial charge in [-0.05, 0) is 61.0 Å². The zero-order valence-electron chi connectivity index (χ0n) is 16.5. The van der Waals surface area contributed by atoms with E-state index in [-0.39, 0.29) is 18.3 Å². The summed E-state index contributed by atoms with van der Waals surface area (Å²) in [4.78, 5) is 0. The van der Waals surface area contributed by atoms with Crippen LogP contribution in [0.2, 0.25) is 0 Å². The lowest BCUT2D eigenvalue weighted by atomic mass is 10.2. The van der Waals surface area contributed by atoms with Crippen molar-refractivity contribution in [3.63, 3.8) is 0 Å². The van der Waals surface area contributed by atoms with Crippen molar-refractivity contribution in [2.75, 3.05) is 0 Å². The Morgan fingerprint density at radius 1 is 0.833 bits per heavy atom. The van der Waals surface area contributed by atoms with Crippen molar-refractivity contribution in [3.8, 4) is 0 Å². The van der Waals surface area contributed by atoms with Gasteiger partial charge in [0.15, 0.2) is 5.79 Å². The van der Waals surface area contributed by atoms with Crippen molar-refractivity contribution in [2.45, 2.75) is 85.5 Å². The number of hydrogen-bond donors (Lipinski definition) is 0. The molecule has 0 radical (unpaired) electrons. The van der Waals surface area contributed by atoms with E-state index in [4.69, 9.17) is 18.0 Å². The Morgan fingerprint density at radius 2 is 1.33 bits per heavy atom. The Hall–Kier alpha value is -0.723. The Bertz CT molecular complexity index is 462. The zero-order valence-corrected chi connectivity index (χ0v) is 17.5. The quantitative estimate of drug-likeness (QED) is 0.449. The summed E-state index contributed by atoms with van der Waals surface area (Å²) in [5.41, 5.74) is 1.14. The molecule has 0 aromatic heterocycles. The van der Waals surface area contributed by atoms with Crippen LogP contribution in [0.3, 0.4) is 0 Å². The Morgan fingerprint density at radius 3 is 1.75 bits per heavy atom. The third-order valence-electron chi connectivity index (χ3n) is 3.01. The van der Waals surface area contributed by atoms with Crippen LogP contribution in [0.25, 0.3) is 0 Å². The van der Waals surface area contributed by atoms with Crippen molar-refractivity contribution in [2.24, 2.45) is 0 Å². The van der Waals surface area contributed by atoms with Crippen LogP contribution in [-0.2, 0) is 24.1 Å². The third-order valence-corrected chi connectivity index (χ3v) is 6.32. The summed E-state index contributed by atoms with van der Waals surface area (Å²) in [5.74, 6) is -0.779. The van der Waals surface area contributed by atoms with E-state index in [0.717, 1.165) is 5.56 Å². The Kier molecular flexibility index (Phi) is 8.09. The lowest BCUT2D eigenvalue weighted by Crippen LogP contribution is -2.56. The van der Waals surface area contributed by atoms with Gasteiger partial charge in [-0.2, -0.15) is 0 Å². The van der Waals surface area contributed by atoms with Crippen LogP contribution in [0.5, 0.6) is 0 Å². The first-order chi connectivity index (χ1) is 11.0. The van der Waals surface area contributed by atoms with Crippen molar-refractivity contribution in [1.82, 2.24) is 0 Å². The molecule has 138 valence electrons. The molecule has 1 rings (SSSR count). The minimum Gasteiger partial charge on any atom is -0.371 e. The summed E-state index contributed by atoms with van der Waals surface area (Å²) in [7, 11) is -2.99. The van der Waals surface area contributed by atoms with Gasteiger partial charge in [-0.15, -0.1) is 0 Å². The molecule has 0 atom stereocenters. The SMILES string of the molecule is CC(C)OC(C)(C)O[Si](Cc1ccccc1)(OC(C)C)OC(C)C. The highest BCUT2D eigenvalue weighted by Crippen LogP contribution is 2.27. The van der Waals surface area contributed by atoms with Gasteiger partial charge in [0.25, 0.3) is 0 Å². The molecular weight excluding hydrogens is 320 g/mol. The van der Waals surface area contributed by atoms with Crippen LogP contribution in [0.4, 0.5) is 0 Å². The number of ether oxygens (including phenoxy) is 1. The van der Waals surface area contributed by atoms with E-state index in [1.807, 2.05) is 73.6 Å². The van der Waals surface area contributed by atoms with E-state index < -0.39 is 14.6 Å². The molecule has 0 saturated carbocycles. The van der Waals surface area contributed by atoms with Gasteiger partial charge in [0.05, 0.1) is 6.10 Å². The van der Waals surface area contributed by atoms with Gasteiger partial charge in [-0.25, -0.2) is 0 Å². The second-order valence-corrected chi connectivity index (χ2v) is 9.74. The highest BCUT2D eigenvalue weighted by atomic mass is 28.4. The fourth-order valence-corrected chi connectivity index (χ4v) is 6.09. The summed E-state index contributed by atoms with van der Waals surface area (Å²) in [6, 6.07) is 10.8. The maximum absolute atomic E-state index is 6.43. The van der Waals surface area contributed by atoms with Gasteiger partial charge >= 0.3 is 8.80 Å². The van der Waals surface area contributed by atoms with E-state index in [2.05, 4.69) is 12.1 Å². The molecule has 0 heterocycles. The fourth-order valence-electron chi connectivity index (χ4n) is 2.73. The molecule has 24 heavy (non-hydrogen) atoms. The molecule has 1 aromatic rings. The number of benzene rings is 1. The molecular formula is C19H34O4Si. The van der Waals surface area contributed by atoms with Gasteiger partial charge in [-0.1, -0.05) is 30.3 Å². The fraction of sp³-hybridized carbons (Fsp3) is 0.684. The molecule has 0 bridgehead atoms. The van der Waals surface area contributed by atoms with Crippen LogP contribution in [0.1, 0.15) is 61.0 Å². The van der Waals surface area contributed by atoms with E-state index in [1.54, 1.807) is 0 Å². The molecule has 5 heteroatoms. The highest BCUT2D eigenvalue weighted by molar-refractivity contribution is 6.60. The maximum Gasteiger partial charge on any atom is 0.508 e. The summed E-state index contributed by atoms with van der Waals surface area (Å²) >= 11 is 0. The van der Waals surface area contributed by atoms with E-state index >= 15 is 0 Å². The summed E-state index contributed by atoms with van der Waals surface area (Å²) in [5, 5.41) is 0. The predicted molar refractivity (Wildman–Crippen MR) is 99.7 cm³/mol. The van der Waals surface area contributed by atoms with Crippen molar-refractivity contribution in [1.29, 1.82) is 0 Å². The lowest BCUT2D eigenvalue weighted by molar-refractivity contribution is -0.209. The monoisotopic (exact) mass is 354 g/mol. The molecule has 0 spiro atoms. The van der Waals surface area contributed by atoms with Gasteiger partial charge in [-0.3, -0.25) is 0 Å². The summed E-state index contributed by atoms with van der Waals surface area (Å²) in [6.07, 6.45) is 0.0736. The molecule has 0 aliphatic carbocycles. The smallest absolute Gasteiger partial charge is 0.371 e. The van der Waals surface area contributed by atoms with Crippen molar-refractivity contribution >= 4 is 8.80 Å². The van der Waals surface area contributed by atoms with Crippen LogP contribution in [0.15, 0.2) is 30.3 Å². The average molecular weight is 355 g/mol. The molecule has 0 aliphatic heterocycles. The van der Waals surface area contributed by atoms with Gasteiger partial charge in [0, 0.05) is 18.3 Å². The van der Waals surface area contributed by atoms with Crippen molar-refractivity contribution < 1.29 is 18.0 Å². The zero-order chi connectivity index (χ0) is 18.4. The topological polar surface area (TPSA) is 36.9 Å². The third kappa shape index (κ3) is 7.90.